The lowest BCUT2D eigenvalue weighted by Gasteiger charge is -2.11. The number of rotatable bonds is 5. The van der Waals surface area contributed by atoms with E-state index in [0.717, 1.165) is 5.56 Å². The van der Waals surface area contributed by atoms with E-state index in [2.05, 4.69) is 5.32 Å². The summed E-state index contributed by atoms with van der Waals surface area (Å²) in [4.78, 5) is 22.9. The van der Waals surface area contributed by atoms with Gasteiger partial charge in [0.15, 0.2) is 0 Å². The first-order chi connectivity index (χ1) is 8.54. The quantitative estimate of drug-likeness (QED) is 0.641. The van der Waals surface area contributed by atoms with E-state index >= 15 is 0 Å². The van der Waals surface area contributed by atoms with Crippen LogP contribution >= 0.6 is 0 Å². The van der Waals surface area contributed by atoms with Gasteiger partial charge in [0.05, 0.1) is 6.61 Å². The Balaban J connectivity index is 2.45. The summed E-state index contributed by atoms with van der Waals surface area (Å²) in [5, 5.41) is 2.60. The van der Waals surface area contributed by atoms with Gasteiger partial charge in [0.25, 0.3) is 0 Å². The molecule has 0 spiro atoms. The summed E-state index contributed by atoms with van der Waals surface area (Å²) >= 11 is 0. The van der Waals surface area contributed by atoms with Crippen LogP contribution in [0.2, 0.25) is 0 Å². The normalized spacial score (nSPS) is 11.7. The van der Waals surface area contributed by atoms with Crippen molar-refractivity contribution in [2.45, 2.75) is 20.4 Å². The summed E-state index contributed by atoms with van der Waals surface area (Å²) in [5.41, 5.74) is 0.765. The van der Waals surface area contributed by atoms with Crippen molar-refractivity contribution in [3.05, 3.63) is 35.6 Å². The second-order valence-corrected chi connectivity index (χ2v) is 3.82. The van der Waals surface area contributed by atoms with E-state index in [0.29, 0.717) is 0 Å². The molecule has 1 atom stereocenters. The minimum absolute atomic E-state index is 0.244. The smallest absolute Gasteiger partial charge is 0.318 e. The minimum atomic E-state index is -0.842. The number of carbonyl (C=O) groups excluding carboxylic acids is 2. The van der Waals surface area contributed by atoms with Crippen molar-refractivity contribution in [2.75, 3.05) is 6.61 Å². The molecule has 1 amide bonds. The lowest BCUT2D eigenvalue weighted by molar-refractivity contribution is -0.151. The minimum Gasteiger partial charge on any atom is -0.465 e. The summed E-state index contributed by atoms with van der Waals surface area (Å²) in [6.45, 7) is 3.66. The molecule has 0 aliphatic heterocycles. The van der Waals surface area contributed by atoms with Crippen molar-refractivity contribution in [3.63, 3.8) is 0 Å². The van der Waals surface area contributed by atoms with E-state index in [-0.39, 0.29) is 19.0 Å². The van der Waals surface area contributed by atoms with Gasteiger partial charge in [0.1, 0.15) is 11.7 Å². The highest BCUT2D eigenvalue weighted by molar-refractivity contribution is 5.97. The number of halogens is 1. The second kappa shape index (κ2) is 6.74. The number of esters is 1. The van der Waals surface area contributed by atoms with E-state index in [1.807, 2.05) is 0 Å². The molecule has 1 rings (SSSR count). The van der Waals surface area contributed by atoms with E-state index in [1.165, 1.54) is 19.1 Å². The first kappa shape index (κ1) is 14.2. The molecule has 0 fully saturated rings. The molecule has 0 heterocycles. The van der Waals surface area contributed by atoms with Crippen LogP contribution in [0.1, 0.15) is 19.4 Å². The Hall–Kier alpha value is -1.91. The Morgan fingerprint density at radius 1 is 1.33 bits per heavy atom. The summed E-state index contributed by atoms with van der Waals surface area (Å²) < 4.78 is 17.4. The van der Waals surface area contributed by atoms with E-state index in [1.54, 1.807) is 19.1 Å². The number of nitrogens with one attached hydrogen (secondary N) is 1. The molecule has 98 valence electrons. The molecule has 1 aromatic rings. The molecule has 0 saturated carbocycles. The number of ether oxygens (including phenoxy) is 1. The van der Waals surface area contributed by atoms with Gasteiger partial charge >= 0.3 is 5.97 Å². The Kier molecular flexibility index (Phi) is 5.30. The van der Waals surface area contributed by atoms with Crippen molar-refractivity contribution < 1.29 is 18.7 Å². The van der Waals surface area contributed by atoms with Crippen LogP contribution in [0.3, 0.4) is 0 Å². The van der Waals surface area contributed by atoms with Gasteiger partial charge in [-0.3, -0.25) is 9.59 Å². The maximum atomic E-state index is 12.7. The van der Waals surface area contributed by atoms with Gasteiger partial charge in [-0.25, -0.2) is 4.39 Å². The zero-order valence-corrected chi connectivity index (χ0v) is 10.4. The predicted octanol–water partition coefficient (Wildman–Crippen LogP) is 1.64. The van der Waals surface area contributed by atoms with Crippen molar-refractivity contribution in [1.29, 1.82) is 0 Å². The average Bonchev–Trinajstić information content (AvgIpc) is 2.37. The molecule has 0 aromatic heterocycles. The van der Waals surface area contributed by atoms with Gasteiger partial charge in [-0.2, -0.15) is 0 Å². The largest absolute Gasteiger partial charge is 0.465 e. The Bertz CT molecular complexity index is 417. The van der Waals surface area contributed by atoms with Crippen LogP contribution in [-0.4, -0.2) is 18.5 Å². The first-order valence-corrected chi connectivity index (χ1v) is 5.73. The molecule has 0 saturated heterocycles. The summed E-state index contributed by atoms with van der Waals surface area (Å²) in [6.07, 6.45) is 0. The van der Waals surface area contributed by atoms with Gasteiger partial charge < -0.3 is 10.1 Å². The first-order valence-electron chi connectivity index (χ1n) is 5.73. The van der Waals surface area contributed by atoms with Crippen LogP contribution in [0.5, 0.6) is 0 Å². The van der Waals surface area contributed by atoms with Crippen molar-refractivity contribution in [3.8, 4) is 0 Å². The lowest BCUT2D eigenvalue weighted by Crippen LogP contribution is -2.34. The fourth-order valence-corrected chi connectivity index (χ4v) is 1.32. The van der Waals surface area contributed by atoms with Gasteiger partial charge in [-0.1, -0.05) is 12.1 Å². The highest BCUT2D eigenvalue weighted by Crippen LogP contribution is 2.04. The fraction of sp³-hybridized carbons (Fsp3) is 0.385. The molecule has 1 aromatic carbocycles. The van der Waals surface area contributed by atoms with Crippen molar-refractivity contribution in [2.24, 2.45) is 5.92 Å². The molecule has 18 heavy (non-hydrogen) atoms. The zero-order valence-electron chi connectivity index (χ0n) is 10.4. The lowest BCUT2D eigenvalue weighted by atomic mass is 10.1. The molecule has 0 radical (unpaired) electrons. The molecule has 0 bridgehead atoms. The van der Waals surface area contributed by atoms with Gasteiger partial charge in [0.2, 0.25) is 5.91 Å². The number of amides is 1. The van der Waals surface area contributed by atoms with Crippen LogP contribution in [0, 0.1) is 11.7 Å². The molecule has 1 unspecified atom stereocenters. The summed E-state index contributed by atoms with van der Waals surface area (Å²) in [5.74, 6) is -2.12. The number of benzene rings is 1. The fourth-order valence-electron chi connectivity index (χ4n) is 1.32. The topological polar surface area (TPSA) is 55.4 Å². The van der Waals surface area contributed by atoms with E-state index < -0.39 is 17.8 Å². The van der Waals surface area contributed by atoms with E-state index in [9.17, 15) is 14.0 Å². The highest BCUT2D eigenvalue weighted by atomic mass is 19.1. The van der Waals surface area contributed by atoms with Crippen LogP contribution in [0.25, 0.3) is 0 Å². The Morgan fingerprint density at radius 2 is 1.94 bits per heavy atom. The third-order valence-electron chi connectivity index (χ3n) is 2.41. The van der Waals surface area contributed by atoms with Gasteiger partial charge in [-0.05, 0) is 31.5 Å². The number of hydrogen-bond donors (Lipinski definition) is 1. The Morgan fingerprint density at radius 3 is 2.50 bits per heavy atom. The van der Waals surface area contributed by atoms with Crippen LogP contribution < -0.4 is 5.32 Å². The number of carbonyl (C=O) groups is 2. The van der Waals surface area contributed by atoms with Crippen LogP contribution in [-0.2, 0) is 20.9 Å². The SMILES string of the molecule is CCOC(=O)C(C)C(=O)NCc1ccc(F)cc1. The molecular formula is C13H16FNO3. The van der Waals surface area contributed by atoms with Gasteiger partial charge in [0, 0.05) is 6.54 Å². The Labute approximate surface area is 105 Å². The molecule has 0 aliphatic carbocycles. The zero-order chi connectivity index (χ0) is 13.5. The van der Waals surface area contributed by atoms with Crippen LogP contribution in [0.4, 0.5) is 4.39 Å². The summed E-state index contributed by atoms with van der Waals surface area (Å²) in [7, 11) is 0. The number of hydrogen-bond acceptors (Lipinski definition) is 3. The summed E-state index contributed by atoms with van der Waals surface area (Å²) in [6, 6.07) is 5.78. The molecule has 1 N–H and O–H groups in total. The maximum absolute atomic E-state index is 12.7. The second-order valence-electron chi connectivity index (χ2n) is 3.82. The third kappa shape index (κ3) is 4.16. The van der Waals surface area contributed by atoms with E-state index in [4.69, 9.17) is 4.74 Å². The third-order valence-corrected chi connectivity index (χ3v) is 2.41. The molecule has 4 nitrogen and oxygen atoms in total. The molecule has 5 heteroatoms. The molecule has 0 aliphatic rings. The predicted molar refractivity (Wildman–Crippen MR) is 64.0 cm³/mol. The van der Waals surface area contributed by atoms with Crippen molar-refractivity contribution in [1.82, 2.24) is 5.32 Å². The molecular weight excluding hydrogens is 237 g/mol. The van der Waals surface area contributed by atoms with Crippen molar-refractivity contribution >= 4 is 11.9 Å². The highest BCUT2D eigenvalue weighted by Gasteiger charge is 2.22. The standard InChI is InChI=1S/C13H16FNO3/c1-3-18-13(17)9(2)12(16)15-8-10-4-6-11(14)7-5-10/h4-7,9H,3,8H2,1-2H3,(H,15,16). The average molecular weight is 253 g/mol. The van der Waals surface area contributed by atoms with Crippen LogP contribution in [0.15, 0.2) is 24.3 Å². The maximum Gasteiger partial charge on any atom is 0.318 e. The monoisotopic (exact) mass is 253 g/mol. The van der Waals surface area contributed by atoms with Gasteiger partial charge in [-0.15, -0.1) is 0 Å².